The molecule has 0 bridgehead atoms. The molecule has 6 nitrogen and oxygen atoms in total. The van der Waals surface area contributed by atoms with Crippen LogP contribution in [0.15, 0.2) is 34.2 Å². The van der Waals surface area contributed by atoms with Gasteiger partial charge in [0.15, 0.2) is 15.8 Å². The Labute approximate surface area is 174 Å². The Morgan fingerprint density at radius 3 is 2.54 bits per heavy atom. The lowest BCUT2D eigenvalue weighted by molar-refractivity contribution is 0.267. The van der Waals surface area contributed by atoms with E-state index in [-0.39, 0.29) is 24.0 Å². The highest BCUT2D eigenvalue weighted by molar-refractivity contribution is 14.0. The van der Waals surface area contributed by atoms with E-state index in [9.17, 15) is 8.42 Å². The van der Waals surface area contributed by atoms with Crippen LogP contribution in [0.25, 0.3) is 0 Å². The summed E-state index contributed by atoms with van der Waals surface area (Å²) in [5.74, 6) is 0.815. The minimum atomic E-state index is -3.13. The molecule has 1 aliphatic heterocycles. The predicted octanol–water partition coefficient (Wildman–Crippen LogP) is 1.90. The van der Waals surface area contributed by atoms with Crippen molar-refractivity contribution in [2.45, 2.75) is 37.1 Å². The quantitative estimate of drug-likeness (QED) is 0.344. The fraction of sp³-hybridized carbons (Fsp3) is 0.611. The summed E-state index contributed by atoms with van der Waals surface area (Å²) in [7, 11) is -1.35. The summed E-state index contributed by atoms with van der Waals surface area (Å²) in [6.07, 6.45) is 4.55. The largest absolute Gasteiger partial charge is 0.356 e. The van der Waals surface area contributed by atoms with Crippen molar-refractivity contribution in [3.05, 3.63) is 29.8 Å². The van der Waals surface area contributed by atoms with E-state index in [1.807, 2.05) is 12.1 Å². The lowest BCUT2D eigenvalue weighted by Crippen LogP contribution is -2.45. The SMILES string of the molecule is CCN1CCCC1CNC(=NC)NCCc1ccc(S(C)(=O)=O)cc1.I. The Kier molecular flexibility index (Phi) is 9.88. The highest BCUT2D eigenvalue weighted by atomic mass is 127. The highest BCUT2D eigenvalue weighted by Crippen LogP contribution is 2.15. The first-order chi connectivity index (χ1) is 11.9. The summed E-state index contributed by atoms with van der Waals surface area (Å²) in [5, 5.41) is 6.73. The summed E-state index contributed by atoms with van der Waals surface area (Å²) in [6, 6.07) is 7.65. The molecule has 1 fully saturated rings. The second-order valence-corrected chi connectivity index (χ2v) is 8.49. The van der Waals surface area contributed by atoms with Crippen LogP contribution in [0.3, 0.4) is 0 Å². The fourth-order valence-corrected chi connectivity index (χ4v) is 3.84. The van der Waals surface area contributed by atoms with E-state index < -0.39 is 9.84 Å². The summed E-state index contributed by atoms with van der Waals surface area (Å²) in [5.41, 5.74) is 1.10. The Hall–Kier alpha value is -0.870. The van der Waals surface area contributed by atoms with Gasteiger partial charge in [0.2, 0.25) is 0 Å². The summed E-state index contributed by atoms with van der Waals surface area (Å²) < 4.78 is 22.9. The summed E-state index contributed by atoms with van der Waals surface area (Å²) in [4.78, 5) is 7.14. The normalized spacial score (nSPS) is 18.4. The molecule has 1 aliphatic rings. The first-order valence-electron chi connectivity index (χ1n) is 8.91. The molecule has 8 heteroatoms. The second kappa shape index (κ2) is 11.1. The van der Waals surface area contributed by atoms with E-state index in [4.69, 9.17) is 0 Å². The lowest BCUT2D eigenvalue weighted by atomic mass is 10.1. The van der Waals surface area contributed by atoms with Gasteiger partial charge < -0.3 is 10.6 Å². The number of halogens is 1. The van der Waals surface area contributed by atoms with Crippen molar-refractivity contribution in [1.29, 1.82) is 0 Å². The van der Waals surface area contributed by atoms with E-state index in [1.165, 1.54) is 25.6 Å². The number of guanidine groups is 1. The average molecular weight is 494 g/mol. The van der Waals surface area contributed by atoms with Crippen molar-refractivity contribution < 1.29 is 8.42 Å². The van der Waals surface area contributed by atoms with Crippen molar-refractivity contribution in [3.63, 3.8) is 0 Å². The van der Waals surface area contributed by atoms with Crippen LogP contribution in [0.1, 0.15) is 25.3 Å². The van der Waals surface area contributed by atoms with Gasteiger partial charge in [0.05, 0.1) is 4.90 Å². The number of nitrogens with zero attached hydrogens (tertiary/aromatic N) is 2. The number of rotatable bonds is 7. The van der Waals surface area contributed by atoms with Crippen molar-refractivity contribution in [3.8, 4) is 0 Å². The zero-order valence-electron chi connectivity index (χ0n) is 15.9. The topological polar surface area (TPSA) is 73.8 Å². The van der Waals surface area contributed by atoms with Crippen LogP contribution in [-0.4, -0.2) is 64.8 Å². The molecule has 0 radical (unpaired) electrons. The van der Waals surface area contributed by atoms with Crippen LogP contribution in [0.4, 0.5) is 0 Å². The van der Waals surface area contributed by atoms with Gasteiger partial charge >= 0.3 is 0 Å². The van der Waals surface area contributed by atoms with Crippen molar-refractivity contribution in [2.24, 2.45) is 4.99 Å². The third-order valence-electron chi connectivity index (χ3n) is 4.69. The number of likely N-dealkylation sites (N-methyl/N-ethyl adjacent to an activating group) is 1. The standard InChI is InChI=1S/C18H30N4O2S.HI/c1-4-22-13-5-6-16(22)14-21-18(19-2)20-12-11-15-7-9-17(10-8-15)25(3,23)24;/h7-10,16H,4-6,11-14H2,1-3H3,(H2,19,20,21);1H. The molecule has 0 spiro atoms. The molecule has 1 aromatic carbocycles. The van der Waals surface area contributed by atoms with Crippen LogP contribution < -0.4 is 10.6 Å². The Morgan fingerprint density at radius 1 is 1.27 bits per heavy atom. The lowest BCUT2D eigenvalue weighted by Gasteiger charge is -2.24. The minimum absolute atomic E-state index is 0. The number of aliphatic imine (C=N–C) groups is 1. The maximum Gasteiger partial charge on any atom is 0.191 e. The first-order valence-corrected chi connectivity index (χ1v) is 10.8. The van der Waals surface area contributed by atoms with Crippen molar-refractivity contribution in [2.75, 3.05) is 39.5 Å². The average Bonchev–Trinajstić information content (AvgIpc) is 3.05. The van der Waals surface area contributed by atoms with Crippen LogP contribution in [-0.2, 0) is 16.3 Å². The van der Waals surface area contributed by atoms with Crippen LogP contribution >= 0.6 is 24.0 Å². The van der Waals surface area contributed by atoms with Crippen molar-refractivity contribution in [1.82, 2.24) is 15.5 Å². The van der Waals surface area contributed by atoms with Gasteiger partial charge in [0, 0.05) is 32.4 Å². The number of likely N-dealkylation sites (tertiary alicyclic amines) is 1. The molecule has 1 heterocycles. The van der Waals surface area contributed by atoms with Gasteiger partial charge in [0.1, 0.15) is 0 Å². The number of sulfone groups is 1. The van der Waals surface area contributed by atoms with Crippen LogP contribution in [0.5, 0.6) is 0 Å². The molecule has 1 unspecified atom stereocenters. The maximum absolute atomic E-state index is 11.5. The molecule has 1 aromatic rings. The van der Waals surface area contributed by atoms with Gasteiger partial charge in [-0.1, -0.05) is 19.1 Å². The van der Waals surface area contributed by atoms with E-state index >= 15 is 0 Å². The molecule has 26 heavy (non-hydrogen) atoms. The third-order valence-corrected chi connectivity index (χ3v) is 5.82. The smallest absolute Gasteiger partial charge is 0.191 e. The molecule has 0 amide bonds. The maximum atomic E-state index is 11.5. The highest BCUT2D eigenvalue weighted by Gasteiger charge is 2.22. The predicted molar refractivity (Wildman–Crippen MR) is 118 cm³/mol. The van der Waals surface area contributed by atoms with Gasteiger partial charge in [-0.25, -0.2) is 8.42 Å². The number of benzene rings is 1. The Bertz CT molecular complexity index is 677. The molecule has 0 aliphatic carbocycles. The first kappa shape index (κ1) is 23.2. The molecule has 2 N–H and O–H groups in total. The third kappa shape index (κ3) is 7.03. The minimum Gasteiger partial charge on any atom is -0.356 e. The zero-order valence-corrected chi connectivity index (χ0v) is 19.0. The molecule has 1 saturated heterocycles. The number of hydrogen-bond donors (Lipinski definition) is 2. The molecule has 0 aromatic heterocycles. The molecule has 0 saturated carbocycles. The summed E-state index contributed by atoms with van der Waals surface area (Å²) >= 11 is 0. The molecule has 1 atom stereocenters. The monoisotopic (exact) mass is 494 g/mol. The van der Waals surface area contributed by atoms with Gasteiger partial charge in [-0.2, -0.15) is 0 Å². The summed E-state index contributed by atoms with van der Waals surface area (Å²) in [6.45, 7) is 6.16. The van der Waals surface area contributed by atoms with Crippen LogP contribution in [0, 0.1) is 0 Å². The van der Waals surface area contributed by atoms with Gasteiger partial charge in [-0.15, -0.1) is 24.0 Å². The van der Waals surface area contributed by atoms with Gasteiger partial charge in [-0.3, -0.25) is 9.89 Å². The Morgan fingerprint density at radius 2 is 1.96 bits per heavy atom. The fourth-order valence-electron chi connectivity index (χ4n) is 3.21. The van der Waals surface area contributed by atoms with Crippen LogP contribution in [0.2, 0.25) is 0 Å². The second-order valence-electron chi connectivity index (χ2n) is 6.47. The van der Waals surface area contributed by atoms with Gasteiger partial charge in [0.25, 0.3) is 0 Å². The molecular weight excluding hydrogens is 463 g/mol. The van der Waals surface area contributed by atoms with E-state index in [2.05, 4.69) is 27.4 Å². The molecule has 2 rings (SSSR count). The van der Waals surface area contributed by atoms with E-state index in [0.29, 0.717) is 10.9 Å². The zero-order chi connectivity index (χ0) is 18.3. The Balaban J connectivity index is 0.00000338. The molecular formula is C18H31IN4O2S. The number of hydrogen-bond acceptors (Lipinski definition) is 4. The van der Waals surface area contributed by atoms with E-state index in [1.54, 1.807) is 19.2 Å². The van der Waals surface area contributed by atoms with E-state index in [0.717, 1.165) is 37.6 Å². The number of nitrogens with one attached hydrogen (secondary N) is 2. The van der Waals surface area contributed by atoms with Gasteiger partial charge in [-0.05, 0) is 50.0 Å². The van der Waals surface area contributed by atoms with Crippen molar-refractivity contribution >= 4 is 39.8 Å². The molecule has 148 valence electrons.